The van der Waals surface area contributed by atoms with Crippen molar-refractivity contribution in [1.82, 2.24) is 0 Å². The van der Waals surface area contributed by atoms with Crippen LogP contribution in [0.25, 0.3) is 0 Å². The monoisotopic (exact) mass is 415 g/mol. The van der Waals surface area contributed by atoms with Gasteiger partial charge in [-0.25, -0.2) is 9.63 Å². The van der Waals surface area contributed by atoms with Crippen molar-refractivity contribution in [1.29, 1.82) is 0 Å². The fraction of sp³-hybridized carbons (Fsp3) is 0.455. The highest BCUT2D eigenvalue weighted by atomic mass is 16.8. The zero-order valence-electron chi connectivity index (χ0n) is 17.4. The third-order valence-corrected chi connectivity index (χ3v) is 6.15. The van der Waals surface area contributed by atoms with E-state index < -0.39 is 29.0 Å². The molecule has 0 aromatic heterocycles. The predicted octanol–water partition coefficient (Wildman–Crippen LogP) is 2.10. The van der Waals surface area contributed by atoms with Crippen molar-refractivity contribution >= 4 is 17.6 Å². The van der Waals surface area contributed by atoms with Crippen LogP contribution in [0.15, 0.2) is 48.1 Å². The van der Waals surface area contributed by atoms with Crippen molar-refractivity contribution in [3.8, 4) is 0 Å². The number of carbonyl (C=O) groups is 2. The van der Waals surface area contributed by atoms with Gasteiger partial charge in [-0.3, -0.25) is 4.79 Å². The molecule has 0 saturated carbocycles. The Balaban J connectivity index is 1.91. The summed E-state index contributed by atoms with van der Waals surface area (Å²) in [5.41, 5.74) is 0.605. The van der Waals surface area contributed by atoms with Crippen LogP contribution in [0, 0.1) is 11.8 Å². The molecule has 0 saturated heterocycles. The summed E-state index contributed by atoms with van der Waals surface area (Å²) < 4.78 is 22.0. The molecule has 8 heteroatoms. The first-order valence-electron chi connectivity index (χ1n) is 9.76. The molecule has 1 heterocycles. The molecule has 0 N–H and O–H groups in total. The van der Waals surface area contributed by atoms with Crippen LogP contribution in [0.4, 0.5) is 5.69 Å². The number of benzene rings is 1. The average molecular weight is 415 g/mol. The number of hydrogen-bond donors (Lipinski definition) is 0. The third-order valence-electron chi connectivity index (χ3n) is 6.15. The lowest BCUT2D eigenvalue weighted by atomic mass is 9.64. The second-order valence-corrected chi connectivity index (χ2v) is 7.31. The van der Waals surface area contributed by atoms with E-state index in [4.69, 9.17) is 23.8 Å². The van der Waals surface area contributed by atoms with Crippen molar-refractivity contribution in [2.24, 2.45) is 11.8 Å². The maximum atomic E-state index is 13.8. The Hall–Kier alpha value is -2.52. The first-order valence-corrected chi connectivity index (χ1v) is 9.76. The van der Waals surface area contributed by atoms with E-state index in [0.717, 1.165) is 5.56 Å². The normalized spacial score (nSPS) is 28.1. The molecule has 3 atom stereocenters. The van der Waals surface area contributed by atoms with Gasteiger partial charge in [-0.1, -0.05) is 36.4 Å². The Labute approximate surface area is 174 Å². The van der Waals surface area contributed by atoms with E-state index in [9.17, 15) is 9.59 Å². The molecular weight excluding hydrogens is 390 g/mol. The molecule has 1 amide bonds. The molecule has 1 aromatic carbocycles. The number of carbonyl (C=O) groups excluding carboxylic acids is 2. The highest BCUT2D eigenvalue weighted by Crippen LogP contribution is 2.60. The van der Waals surface area contributed by atoms with Crippen molar-refractivity contribution in [2.75, 3.05) is 39.8 Å². The van der Waals surface area contributed by atoms with Gasteiger partial charge in [0.05, 0.1) is 24.1 Å². The van der Waals surface area contributed by atoms with Gasteiger partial charge in [0.2, 0.25) is 0 Å². The van der Waals surface area contributed by atoms with E-state index in [-0.39, 0.29) is 19.3 Å². The zero-order chi connectivity index (χ0) is 21.5. The average Bonchev–Trinajstić information content (AvgIpc) is 3.13. The van der Waals surface area contributed by atoms with Crippen molar-refractivity contribution in [3.05, 3.63) is 53.6 Å². The number of hydrogen-bond acceptors (Lipinski definition) is 7. The van der Waals surface area contributed by atoms with E-state index in [2.05, 4.69) is 0 Å². The quantitative estimate of drug-likeness (QED) is 0.383. The number of ether oxygens (including phenoxy) is 4. The van der Waals surface area contributed by atoms with Crippen LogP contribution in [0.5, 0.6) is 0 Å². The molecule has 1 spiro atoms. The van der Waals surface area contributed by atoms with Gasteiger partial charge in [0, 0.05) is 26.9 Å². The van der Waals surface area contributed by atoms with E-state index in [0.29, 0.717) is 11.3 Å². The summed E-state index contributed by atoms with van der Waals surface area (Å²) in [6.45, 7) is 1.91. The summed E-state index contributed by atoms with van der Waals surface area (Å²) in [4.78, 5) is 32.1. The molecule has 2 bridgehead atoms. The first-order chi connectivity index (χ1) is 14.5. The number of fused-ring (bicyclic) bond motifs is 5. The van der Waals surface area contributed by atoms with E-state index >= 15 is 0 Å². The highest BCUT2D eigenvalue weighted by Gasteiger charge is 2.68. The minimum atomic E-state index is -1.24. The highest BCUT2D eigenvalue weighted by molar-refractivity contribution is 6.09. The molecule has 0 fully saturated rings. The molecule has 2 aliphatic carbocycles. The molecular formula is C22H25NO7. The maximum Gasteiger partial charge on any atom is 0.334 e. The molecule has 30 heavy (non-hydrogen) atoms. The number of para-hydroxylation sites is 1. The number of esters is 1. The van der Waals surface area contributed by atoms with E-state index in [1.54, 1.807) is 19.1 Å². The number of hydroxylamine groups is 1. The molecule has 4 rings (SSSR count). The number of methoxy groups -OCH3 is 3. The summed E-state index contributed by atoms with van der Waals surface area (Å²) in [7, 11) is 4.52. The molecule has 0 unspecified atom stereocenters. The smallest absolute Gasteiger partial charge is 0.334 e. The lowest BCUT2D eigenvalue weighted by molar-refractivity contribution is -0.251. The molecule has 3 aliphatic rings. The van der Waals surface area contributed by atoms with Gasteiger partial charge in [-0.2, -0.15) is 5.06 Å². The molecule has 1 aromatic rings. The topological polar surface area (TPSA) is 83.5 Å². The summed E-state index contributed by atoms with van der Waals surface area (Å²) in [6, 6.07) is 7.38. The molecule has 0 radical (unpaired) electrons. The first kappa shape index (κ1) is 20.7. The van der Waals surface area contributed by atoms with Gasteiger partial charge in [0.25, 0.3) is 5.91 Å². The Morgan fingerprint density at radius 1 is 1.17 bits per heavy atom. The fourth-order valence-corrected chi connectivity index (χ4v) is 4.94. The zero-order valence-corrected chi connectivity index (χ0v) is 17.4. The van der Waals surface area contributed by atoms with Gasteiger partial charge in [0.1, 0.15) is 5.41 Å². The Bertz CT molecular complexity index is 920. The number of nitrogens with zero attached hydrogens (tertiary/aromatic N) is 1. The van der Waals surface area contributed by atoms with Crippen molar-refractivity contribution in [3.63, 3.8) is 0 Å². The summed E-state index contributed by atoms with van der Waals surface area (Å²) in [5, 5.41) is 1.25. The number of rotatable bonds is 7. The number of amides is 1. The summed E-state index contributed by atoms with van der Waals surface area (Å²) in [5.74, 6) is -3.11. The third kappa shape index (κ3) is 2.54. The van der Waals surface area contributed by atoms with E-state index in [1.165, 1.54) is 26.4 Å². The number of anilines is 1. The second-order valence-electron chi connectivity index (χ2n) is 7.31. The lowest BCUT2D eigenvalue weighted by Gasteiger charge is -2.46. The minimum absolute atomic E-state index is 0.0865. The molecule has 1 aliphatic heterocycles. The van der Waals surface area contributed by atoms with Crippen LogP contribution in [0.3, 0.4) is 0 Å². The van der Waals surface area contributed by atoms with Crippen LogP contribution in [0.2, 0.25) is 0 Å². The van der Waals surface area contributed by atoms with Gasteiger partial charge < -0.3 is 18.9 Å². The standard InChI is InChI=1S/C22H25NO7/c1-5-29-19(24)14-12-18-21(11-10-15(14)22(18,27-3)28-4)16-8-6-7-9-17(16)23(20(21)25)30-13-26-2/h6-12,15,18H,5,13H2,1-4H3/t15-,18-,21-/m1/s1. The van der Waals surface area contributed by atoms with E-state index in [1.807, 2.05) is 30.3 Å². The summed E-state index contributed by atoms with van der Waals surface area (Å²) >= 11 is 0. The van der Waals surface area contributed by atoms with Crippen LogP contribution < -0.4 is 5.06 Å². The van der Waals surface area contributed by atoms with Crippen LogP contribution in [0.1, 0.15) is 12.5 Å². The fourth-order valence-electron chi connectivity index (χ4n) is 4.94. The Kier molecular flexibility index (Phi) is 5.27. The SMILES string of the molecule is CCOC(=O)C1=C[C@H]2C(OC)(OC)[C@@H]1C=C[C@]21C(=O)N(OCOC)c2ccccc21. The lowest BCUT2D eigenvalue weighted by Crippen LogP contribution is -2.58. The largest absolute Gasteiger partial charge is 0.463 e. The predicted molar refractivity (Wildman–Crippen MR) is 106 cm³/mol. The molecule has 160 valence electrons. The van der Waals surface area contributed by atoms with Crippen molar-refractivity contribution in [2.45, 2.75) is 18.1 Å². The Morgan fingerprint density at radius 3 is 2.57 bits per heavy atom. The summed E-state index contributed by atoms with van der Waals surface area (Å²) in [6.07, 6.45) is 5.39. The Morgan fingerprint density at radius 2 is 1.90 bits per heavy atom. The van der Waals surface area contributed by atoms with Gasteiger partial charge in [-0.05, 0) is 18.6 Å². The van der Waals surface area contributed by atoms with Crippen LogP contribution in [-0.4, -0.2) is 52.4 Å². The maximum absolute atomic E-state index is 13.8. The minimum Gasteiger partial charge on any atom is -0.463 e. The van der Waals surface area contributed by atoms with Gasteiger partial charge >= 0.3 is 5.97 Å². The van der Waals surface area contributed by atoms with Gasteiger partial charge in [-0.15, -0.1) is 0 Å². The second kappa shape index (κ2) is 7.63. The molecule has 8 nitrogen and oxygen atoms in total. The van der Waals surface area contributed by atoms with Crippen LogP contribution in [-0.2, 0) is 38.8 Å². The van der Waals surface area contributed by atoms with Gasteiger partial charge in [0.15, 0.2) is 12.6 Å². The van der Waals surface area contributed by atoms with Crippen molar-refractivity contribution < 1.29 is 33.4 Å². The van der Waals surface area contributed by atoms with Crippen LogP contribution >= 0.6 is 0 Å².